The molecule has 4 rings (SSSR count). The van der Waals surface area contributed by atoms with Crippen molar-refractivity contribution in [2.24, 2.45) is 17.8 Å². The van der Waals surface area contributed by atoms with Crippen LogP contribution in [0.1, 0.15) is 59.8 Å². The zero-order valence-electron chi connectivity index (χ0n) is 19.6. The first-order valence-corrected chi connectivity index (χ1v) is 12.0. The summed E-state index contributed by atoms with van der Waals surface area (Å²) in [6.07, 6.45) is 6.82. The zero-order valence-corrected chi connectivity index (χ0v) is 19.6. The maximum atomic E-state index is 2.84. The minimum atomic E-state index is 0.329. The average molecular weight is 391 g/mol. The second-order valence-corrected chi connectivity index (χ2v) is 11.9. The molecule has 0 saturated carbocycles. The standard InChI is InChI=1S/C24H46N4/c1-23(2,27-14-9-22-20(17-27)8-13-26(22)6)10-11-24(3,4)28-16-19-7-12-25(5)15-21(19)18-28/h19-22H,7-18H2,1-6H3. The van der Waals surface area contributed by atoms with Gasteiger partial charge in [-0.1, -0.05) is 0 Å². The molecule has 4 heterocycles. The Balaban J connectivity index is 1.31. The molecule has 0 aromatic heterocycles. The number of piperidine rings is 2. The van der Waals surface area contributed by atoms with Gasteiger partial charge in [0.1, 0.15) is 0 Å². The van der Waals surface area contributed by atoms with E-state index in [1.165, 1.54) is 77.9 Å². The molecule has 4 heteroatoms. The van der Waals surface area contributed by atoms with Crippen molar-refractivity contribution in [3.05, 3.63) is 0 Å². The van der Waals surface area contributed by atoms with Crippen molar-refractivity contribution < 1.29 is 0 Å². The maximum absolute atomic E-state index is 2.84. The van der Waals surface area contributed by atoms with Gasteiger partial charge in [-0.15, -0.1) is 0 Å². The van der Waals surface area contributed by atoms with Crippen LogP contribution in [0, 0.1) is 17.8 Å². The molecule has 0 bridgehead atoms. The Kier molecular flexibility index (Phi) is 5.90. The highest BCUT2D eigenvalue weighted by Gasteiger charge is 2.43. The summed E-state index contributed by atoms with van der Waals surface area (Å²) in [5.41, 5.74) is 0.662. The van der Waals surface area contributed by atoms with E-state index in [9.17, 15) is 0 Å². The van der Waals surface area contributed by atoms with Crippen LogP contribution in [-0.4, -0.2) is 96.6 Å². The summed E-state index contributed by atoms with van der Waals surface area (Å²) in [7, 11) is 4.64. The van der Waals surface area contributed by atoms with Crippen LogP contribution in [0.2, 0.25) is 0 Å². The molecule has 0 aliphatic carbocycles. The van der Waals surface area contributed by atoms with E-state index in [2.05, 4.69) is 61.4 Å². The minimum absolute atomic E-state index is 0.329. The summed E-state index contributed by atoms with van der Waals surface area (Å²) in [5, 5.41) is 0. The van der Waals surface area contributed by atoms with Crippen LogP contribution in [0.5, 0.6) is 0 Å². The quantitative estimate of drug-likeness (QED) is 0.714. The van der Waals surface area contributed by atoms with Gasteiger partial charge in [0.25, 0.3) is 0 Å². The maximum Gasteiger partial charge on any atom is 0.0154 e. The van der Waals surface area contributed by atoms with Gasteiger partial charge in [-0.05, 0) is 105 Å². The lowest BCUT2D eigenvalue weighted by atomic mass is 9.84. The van der Waals surface area contributed by atoms with Crippen molar-refractivity contribution in [3.8, 4) is 0 Å². The molecule has 0 aromatic carbocycles. The van der Waals surface area contributed by atoms with E-state index in [1.807, 2.05) is 0 Å². The second kappa shape index (κ2) is 7.83. The number of likely N-dealkylation sites (tertiary alicyclic amines) is 4. The monoisotopic (exact) mass is 390 g/mol. The molecule has 4 unspecified atom stereocenters. The van der Waals surface area contributed by atoms with Gasteiger partial charge in [0.15, 0.2) is 0 Å². The normalized spacial score (nSPS) is 36.6. The van der Waals surface area contributed by atoms with Crippen LogP contribution in [0.4, 0.5) is 0 Å². The third-order valence-electron chi connectivity index (χ3n) is 9.18. The molecule has 0 amide bonds. The topological polar surface area (TPSA) is 13.0 Å². The van der Waals surface area contributed by atoms with Gasteiger partial charge in [0.05, 0.1) is 0 Å². The highest BCUT2D eigenvalue weighted by molar-refractivity contribution is 4.99. The summed E-state index contributed by atoms with van der Waals surface area (Å²) in [6, 6.07) is 0.856. The van der Waals surface area contributed by atoms with Crippen molar-refractivity contribution >= 4 is 0 Å². The van der Waals surface area contributed by atoms with E-state index in [1.54, 1.807) is 0 Å². The number of nitrogens with zero attached hydrogens (tertiary/aromatic N) is 4. The molecular weight excluding hydrogens is 344 g/mol. The van der Waals surface area contributed by atoms with Crippen molar-refractivity contribution in [2.75, 3.05) is 59.9 Å². The highest BCUT2D eigenvalue weighted by atomic mass is 15.3. The molecule has 0 spiro atoms. The number of hydrogen-bond donors (Lipinski definition) is 0. The van der Waals surface area contributed by atoms with Crippen LogP contribution in [-0.2, 0) is 0 Å². The Morgan fingerprint density at radius 2 is 1.25 bits per heavy atom. The van der Waals surface area contributed by atoms with Crippen molar-refractivity contribution in [1.82, 2.24) is 19.6 Å². The van der Waals surface area contributed by atoms with Crippen molar-refractivity contribution in [1.29, 1.82) is 0 Å². The van der Waals surface area contributed by atoms with Gasteiger partial charge in [-0.25, -0.2) is 0 Å². The van der Waals surface area contributed by atoms with Crippen LogP contribution in [0.15, 0.2) is 0 Å². The Hall–Kier alpha value is -0.160. The van der Waals surface area contributed by atoms with Crippen LogP contribution >= 0.6 is 0 Å². The van der Waals surface area contributed by atoms with E-state index in [4.69, 9.17) is 0 Å². The van der Waals surface area contributed by atoms with E-state index in [0.717, 1.165) is 23.8 Å². The Labute approximate surface area is 174 Å². The molecule has 0 radical (unpaired) electrons. The zero-order chi connectivity index (χ0) is 20.1. The third kappa shape index (κ3) is 4.17. The first-order chi connectivity index (χ1) is 13.2. The first kappa shape index (κ1) is 21.1. The van der Waals surface area contributed by atoms with Crippen molar-refractivity contribution in [2.45, 2.75) is 76.9 Å². The third-order valence-corrected chi connectivity index (χ3v) is 9.18. The summed E-state index contributed by atoms with van der Waals surface area (Å²) >= 11 is 0. The summed E-state index contributed by atoms with van der Waals surface area (Å²) in [4.78, 5) is 10.8. The van der Waals surface area contributed by atoms with Gasteiger partial charge in [-0.3, -0.25) is 9.80 Å². The predicted octanol–water partition coefficient (Wildman–Crippen LogP) is 3.23. The molecule has 4 nitrogen and oxygen atoms in total. The molecule has 4 aliphatic heterocycles. The van der Waals surface area contributed by atoms with Gasteiger partial charge < -0.3 is 9.80 Å². The van der Waals surface area contributed by atoms with Gasteiger partial charge in [0.2, 0.25) is 0 Å². The first-order valence-electron chi connectivity index (χ1n) is 12.0. The Bertz CT molecular complexity index is 531. The molecule has 4 saturated heterocycles. The molecule has 4 atom stereocenters. The molecule has 162 valence electrons. The molecule has 4 fully saturated rings. The molecular formula is C24H46N4. The fraction of sp³-hybridized carbons (Fsp3) is 1.00. The fourth-order valence-corrected chi connectivity index (χ4v) is 6.74. The predicted molar refractivity (Wildman–Crippen MR) is 119 cm³/mol. The number of rotatable bonds is 5. The van der Waals surface area contributed by atoms with Crippen LogP contribution in [0.3, 0.4) is 0 Å². The molecule has 0 aromatic rings. The van der Waals surface area contributed by atoms with E-state index >= 15 is 0 Å². The minimum Gasteiger partial charge on any atom is -0.306 e. The fourth-order valence-electron chi connectivity index (χ4n) is 6.74. The lowest BCUT2D eigenvalue weighted by molar-refractivity contribution is 0.0266. The average Bonchev–Trinajstić information content (AvgIpc) is 3.24. The van der Waals surface area contributed by atoms with E-state index in [0.29, 0.717) is 11.1 Å². The lowest BCUT2D eigenvalue weighted by Gasteiger charge is -2.47. The van der Waals surface area contributed by atoms with Crippen molar-refractivity contribution in [3.63, 3.8) is 0 Å². The lowest BCUT2D eigenvalue weighted by Crippen LogP contribution is -2.54. The molecule has 4 aliphatic rings. The molecule has 28 heavy (non-hydrogen) atoms. The Morgan fingerprint density at radius 3 is 2.00 bits per heavy atom. The Morgan fingerprint density at radius 1 is 0.643 bits per heavy atom. The summed E-state index contributed by atoms with van der Waals surface area (Å²) < 4.78 is 0. The van der Waals surface area contributed by atoms with E-state index < -0.39 is 0 Å². The van der Waals surface area contributed by atoms with Gasteiger partial charge in [0, 0.05) is 49.8 Å². The van der Waals surface area contributed by atoms with E-state index in [-0.39, 0.29) is 0 Å². The smallest absolute Gasteiger partial charge is 0.0154 e. The van der Waals surface area contributed by atoms with Crippen LogP contribution in [0.25, 0.3) is 0 Å². The number of fused-ring (bicyclic) bond motifs is 2. The highest BCUT2D eigenvalue weighted by Crippen LogP contribution is 2.39. The largest absolute Gasteiger partial charge is 0.306 e. The SMILES string of the molecule is CN1CCC2CN(C(C)(C)CCC(C)(C)N3CCC4C(CCN4C)C3)CC2C1. The van der Waals surface area contributed by atoms with Gasteiger partial charge in [-0.2, -0.15) is 0 Å². The summed E-state index contributed by atoms with van der Waals surface area (Å²) in [5.74, 6) is 2.76. The van der Waals surface area contributed by atoms with Crippen LogP contribution < -0.4 is 0 Å². The summed E-state index contributed by atoms with van der Waals surface area (Å²) in [6.45, 7) is 19.3. The number of hydrogen-bond acceptors (Lipinski definition) is 4. The second-order valence-electron chi connectivity index (χ2n) is 11.9. The molecule has 0 N–H and O–H groups in total. The van der Waals surface area contributed by atoms with Gasteiger partial charge >= 0.3 is 0 Å².